The van der Waals surface area contributed by atoms with E-state index in [2.05, 4.69) is 32.8 Å². The average Bonchev–Trinajstić information content (AvgIpc) is 3.26. The summed E-state index contributed by atoms with van der Waals surface area (Å²) in [5.41, 5.74) is 8.71. The maximum atomic E-state index is 11.5. The van der Waals surface area contributed by atoms with Gasteiger partial charge in [0.2, 0.25) is 0 Å². The van der Waals surface area contributed by atoms with Crippen molar-refractivity contribution >= 4 is 34.3 Å². The highest BCUT2D eigenvalue weighted by atomic mass is 79.9. The monoisotopic (exact) mass is 535 g/mol. The molecule has 2 aromatic heterocycles. The van der Waals surface area contributed by atoms with Crippen LogP contribution in [0, 0.1) is 0 Å². The van der Waals surface area contributed by atoms with Crippen molar-refractivity contribution < 1.29 is 9.90 Å². The van der Waals surface area contributed by atoms with Gasteiger partial charge < -0.3 is 15.8 Å². The summed E-state index contributed by atoms with van der Waals surface area (Å²) < 4.78 is 0.899. The molecule has 180 valence electrons. The zero-order valence-corrected chi connectivity index (χ0v) is 21.6. The van der Waals surface area contributed by atoms with E-state index in [0.29, 0.717) is 5.69 Å². The molecular formula is C26H35BrClN3O2. The average molecular weight is 537 g/mol. The quantitative estimate of drug-likeness (QED) is 0.219. The van der Waals surface area contributed by atoms with Gasteiger partial charge >= 0.3 is 5.97 Å². The molecule has 2 heterocycles. The van der Waals surface area contributed by atoms with E-state index < -0.39 is 5.97 Å². The number of nitrogens with one attached hydrogen (secondary N) is 1. The van der Waals surface area contributed by atoms with Crippen LogP contribution in [0.2, 0.25) is 0 Å². The zero-order valence-electron chi connectivity index (χ0n) is 19.2. The number of carboxylic acid groups (broad SMARTS) is 1. The Balaban J connectivity index is 0.000000391. The molecule has 0 saturated carbocycles. The Kier molecular flexibility index (Phi) is 14.4. The van der Waals surface area contributed by atoms with Crippen LogP contribution in [0.25, 0.3) is 22.5 Å². The van der Waals surface area contributed by atoms with Crippen molar-refractivity contribution in [2.75, 3.05) is 6.54 Å². The van der Waals surface area contributed by atoms with E-state index in [-0.39, 0.29) is 18.0 Å². The largest absolute Gasteiger partial charge is 0.478 e. The molecule has 0 bridgehead atoms. The van der Waals surface area contributed by atoms with E-state index in [0.717, 1.165) is 27.8 Å². The summed E-state index contributed by atoms with van der Waals surface area (Å²) in [6, 6.07) is 12.8. The Morgan fingerprint density at radius 3 is 2.18 bits per heavy atom. The topological polar surface area (TPSA) is 92.0 Å². The van der Waals surface area contributed by atoms with Gasteiger partial charge in [-0.1, -0.05) is 79.9 Å². The second-order valence-corrected chi connectivity index (χ2v) is 8.70. The Hall–Kier alpha value is -2.15. The van der Waals surface area contributed by atoms with Gasteiger partial charge in [-0.2, -0.15) is 0 Å². The fourth-order valence-corrected chi connectivity index (χ4v) is 3.86. The fourth-order valence-electron chi connectivity index (χ4n) is 3.46. The molecule has 33 heavy (non-hydrogen) atoms. The summed E-state index contributed by atoms with van der Waals surface area (Å²) in [4.78, 5) is 18.6. The van der Waals surface area contributed by atoms with Gasteiger partial charge in [-0.25, -0.2) is 4.79 Å². The van der Waals surface area contributed by atoms with Gasteiger partial charge in [-0.05, 0) is 48.9 Å². The number of nitrogens with zero attached hydrogens (tertiary/aromatic N) is 1. The maximum Gasteiger partial charge on any atom is 0.337 e. The lowest BCUT2D eigenvalue weighted by Gasteiger charge is -2.02. The summed E-state index contributed by atoms with van der Waals surface area (Å²) in [5.74, 6) is -0.957. The molecule has 3 aromatic rings. The molecule has 0 saturated heterocycles. The summed E-state index contributed by atoms with van der Waals surface area (Å²) in [7, 11) is 0. The Bertz CT molecular complexity index is 940. The van der Waals surface area contributed by atoms with E-state index >= 15 is 0 Å². The van der Waals surface area contributed by atoms with Crippen LogP contribution in [0.4, 0.5) is 0 Å². The smallest absolute Gasteiger partial charge is 0.337 e. The molecule has 0 amide bonds. The van der Waals surface area contributed by atoms with Crippen molar-refractivity contribution in [2.45, 2.75) is 58.3 Å². The lowest BCUT2D eigenvalue weighted by molar-refractivity contribution is 0.0698. The summed E-state index contributed by atoms with van der Waals surface area (Å²) in [5, 5.41) is 9.41. The fraction of sp³-hybridized carbons (Fsp3) is 0.385. The van der Waals surface area contributed by atoms with Crippen molar-refractivity contribution in [1.29, 1.82) is 0 Å². The predicted octanol–water partition coefficient (Wildman–Crippen LogP) is 7.71. The third-order valence-corrected chi connectivity index (χ3v) is 5.70. The number of aromatic carboxylic acids is 1. The first-order chi connectivity index (χ1) is 15.6. The Labute approximate surface area is 211 Å². The molecule has 0 radical (unpaired) electrons. The molecule has 0 fully saturated rings. The number of pyridine rings is 1. The molecule has 0 aliphatic carbocycles. The van der Waals surface area contributed by atoms with Crippen LogP contribution in [0.1, 0.15) is 68.6 Å². The van der Waals surface area contributed by atoms with E-state index in [1.165, 1.54) is 51.4 Å². The number of halogens is 2. The Morgan fingerprint density at radius 1 is 0.970 bits per heavy atom. The number of aromatic nitrogens is 2. The maximum absolute atomic E-state index is 11.5. The third-order valence-electron chi connectivity index (χ3n) is 5.21. The number of carboxylic acids is 1. The molecule has 0 atom stereocenters. The SMILES string of the molecule is CCCCCCCCCCN.Cl.O=C(O)c1cc(-c2ccncc2)[nH]c1-c1cccc(Br)c1. The molecule has 4 N–H and O–H groups in total. The van der Waals surface area contributed by atoms with Gasteiger partial charge in [0.25, 0.3) is 0 Å². The highest BCUT2D eigenvalue weighted by Crippen LogP contribution is 2.30. The predicted molar refractivity (Wildman–Crippen MR) is 143 cm³/mol. The molecule has 7 heteroatoms. The molecular weight excluding hydrogens is 502 g/mol. The van der Waals surface area contributed by atoms with Crippen LogP contribution in [0.3, 0.4) is 0 Å². The number of unbranched alkanes of at least 4 members (excludes halogenated alkanes) is 7. The number of H-pyrrole nitrogens is 1. The van der Waals surface area contributed by atoms with Crippen molar-refractivity contribution in [2.24, 2.45) is 5.73 Å². The molecule has 0 aliphatic heterocycles. The van der Waals surface area contributed by atoms with E-state index in [1.807, 2.05) is 36.4 Å². The van der Waals surface area contributed by atoms with Crippen LogP contribution in [-0.2, 0) is 0 Å². The van der Waals surface area contributed by atoms with Gasteiger partial charge in [0.05, 0.1) is 11.3 Å². The number of nitrogens with two attached hydrogens (primary N) is 1. The van der Waals surface area contributed by atoms with Gasteiger partial charge in [-0.3, -0.25) is 4.98 Å². The molecule has 0 unspecified atom stereocenters. The number of carbonyl (C=O) groups is 1. The van der Waals surface area contributed by atoms with Crippen LogP contribution >= 0.6 is 28.3 Å². The molecule has 0 aliphatic rings. The first-order valence-corrected chi connectivity index (χ1v) is 12.2. The van der Waals surface area contributed by atoms with E-state index in [1.54, 1.807) is 18.5 Å². The number of aromatic amines is 1. The highest BCUT2D eigenvalue weighted by Gasteiger charge is 2.17. The zero-order chi connectivity index (χ0) is 23.2. The first kappa shape index (κ1) is 28.9. The molecule has 1 aromatic carbocycles. The van der Waals surface area contributed by atoms with Crippen molar-refractivity contribution in [3.05, 3.63) is 64.9 Å². The second-order valence-electron chi connectivity index (χ2n) is 7.79. The number of hydrogen-bond acceptors (Lipinski definition) is 3. The Morgan fingerprint density at radius 2 is 1.61 bits per heavy atom. The standard InChI is InChI=1S/C16H11BrN2O2.C10H23N.ClH/c17-12-3-1-2-11(8-12)15-13(16(20)21)9-14(19-15)10-4-6-18-7-5-10;1-2-3-4-5-6-7-8-9-10-11;/h1-9,19H,(H,20,21);2-11H2,1H3;1H. The molecule has 5 nitrogen and oxygen atoms in total. The lowest BCUT2D eigenvalue weighted by atomic mass is 10.1. The van der Waals surface area contributed by atoms with Crippen molar-refractivity contribution in [1.82, 2.24) is 9.97 Å². The first-order valence-electron chi connectivity index (χ1n) is 11.4. The van der Waals surface area contributed by atoms with Gasteiger partial charge in [0.15, 0.2) is 0 Å². The summed E-state index contributed by atoms with van der Waals surface area (Å²) >= 11 is 3.40. The minimum atomic E-state index is -0.957. The number of hydrogen-bond donors (Lipinski definition) is 3. The highest BCUT2D eigenvalue weighted by molar-refractivity contribution is 9.10. The molecule has 3 rings (SSSR count). The third kappa shape index (κ3) is 10.1. The van der Waals surface area contributed by atoms with Gasteiger partial charge in [0, 0.05) is 28.1 Å². The van der Waals surface area contributed by atoms with Crippen molar-refractivity contribution in [3.8, 4) is 22.5 Å². The lowest BCUT2D eigenvalue weighted by Crippen LogP contribution is -1.97. The van der Waals surface area contributed by atoms with Crippen LogP contribution < -0.4 is 5.73 Å². The number of benzene rings is 1. The van der Waals surface area contributed by atoms with Gasteiger partial charge in [-0.15, -0.1) is 12.4 Å². The second kappa shape index (κ2) is 16.5. The van der Waals surface area contributed by atoms with E-state index in [4.69, 9.17) is 5.73 Å². The summed E-state index contributed by atoms with van der Waals surface area (Å²) in [6.07, 6.45) is 14.3. The minimum Gasteiger partial charge on any atom is -0.478 e. The summed E-state index contributed by atoms with van der Waals surface area (Å²) in [6.45, 7) is 3.13. The van der Waals surface area contributed by atoms with Crippen molar-refractivity contribution in [3.63, 3.8) is 0 Å². The van der Waals surface area contributed by atoms with Gasteiger partial charge in [0.1, 0.15) is 0 Å². The van der Waals surface area contributed by atoms with E-state index in [9.17, 15) is 9.90 Å². The molecule has 0 spiro atoms. The van der Waals surface area contributed by atoms with Crippen LogP contribution in [-0.4, -0.2) is 27.6 Å². The minimum absolute atomic E-state index is 0. The number of rotatable bonds is 11. The van der Waals surface area contributed by atoms with Crippen LogP contribution in [0.5, 0.6) is 0 Å². The normalized spacial score (nSPS) is 10.2. The van der Waals surface area contributed by atoms with Crippen LogP contribution in [0.15, 0.2) is 59.3 Å².